The lowest BCUT2D eigenvalue weighted by atomic mass is 10.1. The molecule has 1 heterocycles. The zero-order valence-electron chi connectivity index (χ0n) is 12.0. The molecule has 0 N–H and O–H groups in total. The van der Waals surface area contributed by atoms with Crippen LogP contribution in [0.25, 0.3) is 0 Å². The molecule has 1 aromatic heterocycles. The molecule has 2 amide bonds. The van der Waals surface area contributed by atoms with E-state index in [1.165, 1.54) is 30.7 Å². The maximum atomic E-state index is 11.7. The molecule has 4 nitrogen and oxygen atoms in total. The second-order valence-electron chi connectivity index (χ2n) is 4.75. The van der Waals surface area contributed by atoms with Gasteiger partial charge < -0.3 is 0 Å². The summed E-state index contributed by atoms with van der Waals surface area (Å²) < 4.78 is 0.659. The molecule has 0 aliphatic rings. The number of carbonyl (C=O) groups is 2. The van der Waals surface area contributed by atoms with Crippen molar-refractivity contribution in [2.75, 3.05) is 4.90 Å². The Kier molecular flexibility index (Phi) is 4.90. The molecule has 2 rings (SSSR count). The minimum Gasteiger partial charge on any atom is -0.274 e. The SMILES string of the molecule is CC(=O)N(C(C)=O)c1nc(Br)sc1Cc1ccc(C)cc1. The van der Waals surface area contributed by atoms with Crippen molar-refractivity contribution in [3.8, 4) is 0 Å². The van der Waals surface area contributed by atoms with Crippen molar-refractivity contribution in [1.82, 2.24) is 4.98 Å². The Morgan fingerprint density at radius 3 is 2.29 bits per heavy atom. The van der Waals surface area contributed by atoms with Crippen LogP contribution in [0, 0.1) is 6.92 Å². The van der Waals surface area contributed by atoms with Gasteiger partial charge in [-0.25, -0.2) is 9.88 Å². The van der Waals surface area contributed by atoms with E-state index >= 15 is 0 Å². The molecule has 0 saturated carbocycles. The number of aryl methyl sites for hydroxylation is 1. The fraction of sp³-hybridized carbons (Fsp3) is 0.267. The average molecular weight is 367 g/mol. The minimum atomic E-state index is -0.328. The molecule has 21 heavy (non-hydrogen) atoms. The molecule has 0 fully saturated rings. The molecule has 0 saturated heterocycles. The van der Waals surface area contributed by atoms with Gasteiger partial charge in [0.1, 0.15) is 0 Å². The van der Waals surface area contributed by atoms with Crippen LogP contribution in [0.4, 0.5) is 5.82 Å². The summed E-state index contributed by atoms with van der Waals surface area (Å²) in [5, 5.41) is 0. The molecule has 0 spiro atoms. The second-order valence-corrected chi connectivity index (χ2v) is 7.11. The van der Waals surface area contributed by atoms with Crippen molar-refractivity contribution in [3.63, 3.8) is 0 Å². The Balaban J connectivity index is 2.38. The van der Waals surface area contributed by atoms with Crippen LogP contribution in [0.15, 0.2) is 28.2 Å². The first-order valence-electron chi connectivity index (χ1n) is 6.40. The normalized spacial score (nSPS) is 10.5. The van der Waals surface area contributed by atoms with E-state index in [1.54, 1.807) is 0 Å². The van der Waals surface area contributed by atoms with Crippen LogP contribution < -0.4 is 4.90 Å². The summed E-state index contributed by atoms with van der Waals surface area (Å²) in [5.74, 6) is -0.233. The van der Waals surface area contributed by atoms with Gasteiger partial charge in [0.2, 0.25) is 11.8 Å². The number of thiazole rings is 1. The fourth-order valence-corrected chi connectivity index (χ4v) is 3.57. The van der Waals surface area contributed by atoms with E-state index in [-0.39, 0.29) is 11.8 Å². The number of carbonyl (C=O) groups excluding carboxylic acids is 2. The smallest absolute Gasteiger partial charge is 0.231 e. The number of rotatable bonds is 3. The van der Waals surface area contributed by atoms with E-state index in [2.05, 4.69) is 20.9 Å². The minimum absolute atomic E-state index is 0.328. The van der Waals surface area contributed by atoms with Crippen LogP contribution in [-0.2, 0) is 16.0 Å². The molecule has 0 unspecified atom stereocenters. The second kappa shape index (κ2) is 6.49. The van der Waals surface area contributed by atoms with Gasteiger partial charge in [-0.05, 0) is 28.4 Å². The van der Waals surface area contributed by atoms with Crippen molar-refractivity contribution < 1.29 is 9.59 Å². The number of amides is 2. The number of benzene rings is 1. The summed E-state index contributed by atoms with van der Waals surface area (Å²) in [6.07, 6.45) is 0.635. The number of nitrogens with zero attached hydrogens (tertiary/aromatic N) is 2. The van der Waals surface area contributed by atoms with Crippen molar-refractivity contribution in [2.24, 2.45) is 0 Å². The standard InChI is InChI=1S/C15H15BrN2O2S/c1-9-4-6-12(7-5-9)8-13-14(17-15(16)21-13)18(10(2)19)11(3)20/h4-7H,8H2,1-3H3. The van der Waals surface area contributed by atoms with Crippen molar-refractivity contribution in [2.45, 2.75) is 27.2 Å². The van der Waals surface area contributed by atoms with Gasteiger partial charge in [0.15, 0.2) is 9.73 Å². The van der Waals surface area contributed by atoms with Crippen LogP contribution in [-0.4, -0.2) is 16.8 Å². The summed E-state index contributed by atoms with van der Waals surface area (Å²) in [7, 11) is 0. The first-order valence-corrected chi connectivity index (χ1v) is 8.01. The molecule has 0 aliphatic carbocycles. The lowest BCUT2D eigenvalue weighted by molar-refractivity contribution is -0.124. The van der Waals surface area contributed by atoms with Crippen molar-refractivity contribution in [3.05, 3.63) is 44.2 Å². The van der Waals surface area contributed by atoms with Gasteiger partial charge in [0.25, 0.3) is 0 Å². The monoisotopic (exact) mass is 366 g/mol. The molecule has 110 valence electrons. The van der Waals surface area contributed by atoms with E-state index in [0.29, 0.717) is 16.2 Å². The molecular formula is C15H15BrN2O2S. The maximum Gasteiger partial charge on any atom is 0.231 e. The Morgan fingerprint density at radius 1 is 1.19 bits per heavy atom. The fourth-order valence-electron chi connectivity index (χ4n) is 2.02. The van der Waals surface area contributed by atoms with Gasteiger partial charge >= 0.3 is 0 Å². The zero-order valence-corrected chi connectivity index (χ0v) is 14.4. The molecular weight excluding hydrogens is 352 g/mol. The zero-order chi connectivity index (χ0) is 15.6. The third kappa shape index (κ3) is 3.77. The third-order valence-corrected chi connectivity index (χ3v) is 4.47. The van der Waals surface area contributed by atoms with Gasteiger partial charge in [0.05, 0.1) is 4.88 Å². The quantitative estimate of drug-likeness (QED) is 0.831. The topological polar surface area (TPSA) is 50.3 Å². The summed E-state index contributed by atoms with van der Waals surface area (Å²) >= 11 is 4.77. The van der Waals surface area contributed by atoms with E-state index in [1.807, 2.05) is 31.2 Å². The molecule has 0 aliphatic heterocycles. The molecule has 6 heteroatoms. The first kappa shape index (κ1) is 15.9. The highest BCUT2D eigenvalue weighted by molar-refractivity contribution is 9.11. The van der Waals surface area contributed by atoms with Crippen LogP contribution in [0.2, 0.25) is 0 Å². The molecule has 1 aromatic carbocycles. The highest BCUT2D eigenvalue weighted by atomic mass is 79.9. The average Bonchev–Trinajstić information content (AvgIpc) is 2.72. The van der Waals surface area contributed by atoms with Crippen LogP contribution in [0.1, 0.15) is 29.9 Å². The van der Waals surface area contributed by atoms with Gasteiger partial charge in [-0.15, -0.1) is 11.3 Å². The number of hydrogen-bond acceptors (Lipinski definition) is 4. The predicted molar refractivity (Wildman–Crippen MR) is 87.6 cm³/mol. The summed E-state index contributed by atoms with van der Waals surface area (Å²) in [6, 6.07) is 8.16. The van der Waals surface area contributed by atoms with Crippen LogP contribution in [0.3, 0.4) is 0 Å². The van der Waals surface area contributed by atoms with Crippen molar-refractivity contribution >= 4 is 44.9 Å². The highest BCUT2D eigenvalue weighted by Gasteiger charge is 2.23. The van der Waals surface area contributed by atoms with Gasteiger partial charge in [-0.3, -0.25) is 9.59 Å². The molecule has 0 atom stereocenters. The number of hydrogen-bond donors (Lipinski definition) is 0. The summed E-state index contributed by atoms with van der Waals surface area (Å²) in [4.78, 5) is 29.7. The van der Waals surface area contributed by atoms with Crippen LogP contribution >= 0.6 is 27.3 Å². The molecule has 0 radical (unpaired) electrons. The lowest BCUT2D eigenvalue weighted by Crippen LogP contribution is -2.34. The summed E-state index contributed by atoms with van der Waals surface area (Å²) in [6.45, 7) is 4.76. The van der Waals surface area contributed by atoms with Gasteiger partial charge in [-0.2, -0.15) is 0 Å². The third-order valence-electron chi connectivity index (χ3n) is 2.98. The molecule has 2 aromatic rings. The van der Waals surface area contributed by atoms with Gasteiger partial charge in [0, 0.05) is 20.3 Å². The van der Waals surface area contributed by atoms with E-state index < -0.39 is 0 Å². The first-order chi connectivity index (χ1) is 9.88. The van der Waals surface area contributed by atoms with E-state index in [0.717, 1.165) is 15.3 Å². The van der Waals surface area contributed by atoms with E-state index in [9.17, 15) is 9.59 Å². The number of halogens is 1. The largest absolute Gasteiger partial charge is 0.274 e. The number of imide groups is 1. The predicted octanol–water partition coefficient (Wildman–Crippen LogP) is 3.70. The Morgan fingerprint density at radius 2 is 1.76 bits per heavy atom. The van der Waals surface area contributed by atoms with Gasteiger partial charge in [-0.1, -0.05) is 29.8 Å². The highest BCUT2D eigenvalue weighted by Crippen LogP contribution is 2.32. The Bertz CT molecular complexity index is 665. The van der Waals surface area contributed by atoms with Crippen molar-refractivity contribution in [1.29, 1.82) is 0 Å². The summed E-state index contributed by atoms with van der Waals surface area (Å²) in [5.41, 5.74) is 2.31. The Hall–Kier alpha value is -1.53. The Labute approximate surface area is 135 Å². The lowest BCUT2D eigenvalue weighted by Gasteiger charge is -2.16. The van der Waals surface area contributed by atoms with E-state index in [4.69, 9.17) is 0 Å². The maximum absolute atomic E-state index is 11.7. The number of anilines is 1. The number of aromatic nitrogens is 1. The molecule has 0 bridgehead atoms. The van der Waals surface area contributed by atoms with Crippen LogP contribution in [0.5, 0.6) is 0 Å².